The first-order chi connectivity index (χ1) is 13.3. The third-order valence-corrected chi connectivity index (χ3v) is 3.43. The number of ether oxygens (including phenoxy) is 2. The van der Waals surface area contributed by atoms with Crippen molar-refractivity contribution in [1.82, 2.24) is 5.32 Å². The van der Waals surface area contributed by atoms with E-state index in [-0.39, 0.29) is 24.8 Å². The van der Waals surface area contributed by atoms with E-state index in [2.05, 4.69) is 29.4 Å². The van der Waals surface area contributed by atoms with Gasteiger partial charge < -0.3 is 20.9 Å². The highest BCUT2D eigenvalue weighted by Crippen LogP contribution is 2.27. The van der Waals surface area contributed by atoms with Crippen molar-refractivity contribution in [1.29, 1.82) is 0 Å². The van der Waals surface area contributed by atoms with Gasteiger partial charge in [-0.25, -0.2) is 4.99 Å². The Bertz CT molecular complexity index is 807. The minimum atomic E-state index is -0.632. The molecule has 8 nitrogen and oxygen atoms in total. The lowest BCUT2D eigenvalue weighted by Crippen LogP contribution is -2.38. The van der Waals surface area contributed by atoms with Gasteiger partial charge in [0.15, 0.2) is 17.5 Å². The Balaban J connectivity index is 0.000000467. The van der Waals surface area contributed by atoms with Crippen LogP contribution in [-0.2, 0) is 16.0 Å². The van der Waals surface area contributed by atoms with Gasteiger partial charge in [0, 0.05) is 0 Å². The molecule has 0 aliphatic rings. The second kappa shape index (κ2) is 11.9. The Morgan fingerprint density at radius 1 is 1.00 bits per heavy atom. The molecule has 150 valence electrons. The van der Waals surface area contributed by atoms with Crippen LogP contribution < -0.4 is 26.3 Å². The van der Waals surface area contributed by atoms with Crippen molar-refractivity contribution in [3.63, 3.8) is 0 Å². The highest BCUT2D eigenvalue weighted by atomic mass is 16.5. The molecule has 0 saturated carbocycles. The smallest absolute Gasteiger partial charge is 0.239 e. The summed E-state index contributed by atoms with van der Waals surface area (Å²) in [6.45, 7) is 1.81. The van der Waals surface area contributed by atoms with Crippen LogP contribution in [0.3, 0.4) is 0 Å². The summed E-state index contributed by atoms with van der Waals surface area (Å²) in [4.78, 5) is 25.9. The van der Waals surface area contributed by atoms with E-state index in [1.54, 1.807) is 18.2 Å². The fraction of sp³-hybridized carbons (Fsp3) is 0.250. The summed E-state index contributed by atoms with van der Waals surface area (Å²) in [5.41, 5.74) is 12.4. The molecule has 0 atom stereocenters. The van der Waals surface area contributed by atoms with E-state index in [0.717, 1.165) is 0 Å². The van der Waals surface area contributed by atoms with Crippen LogP contribution in [-0.4, -0.2) is 38.5 Å². The lowest BCUT2D eigenvalue weighted by Gasteiger charge is -2.09. The van der Waals surface area contributed by atoms with Gasteiger partial charge in [0.2, 0.25) is 11.8 Å². The maximum absolute atomic E-state index is 11.8. The van der Waals surface area contributed by atoms with E-state index in [1.165, 1.54) is 19.8 Å². The number of carbonyl (C=O) groups is 2. The van der Waals surface area contributed by atoms with Crippen molar-refractivity contribution >= 4 is 17.8 Å². The van der Waals surface area contributed by atoms with Crippen LogP contribution in [0.5, 0.6) is 11.5 Å². The number of amides is 2. The average Bonchev–Trinajstić information content (AvgIpc) is 2.67. The predicted octanol–water partition coefficient (Wildman–Crippen LogP) is 1.16. The molecule has 0 saturated heterocycles. The Kier molecular flexibility index (Phi) is 9.60. The van der Waals surface area contributed by atoms with Crippen LogP contribution in [0, 0.1) is 6.92 Å². The van der Waals surface area contributed by atoms with Gasteiger partial charge in [-0.3, -0.25) is 14.9 Å². The van der Waals surface area contributed by atoms with Gasteiger partial charge in [-0.15, -0.1) is 0 Å². The molecule has 2 aromatic rings. The number of nitrogens with one attached hydrogen (secondary N) is 1. The first-order valence-corrected chi connectivity index (χ1v) is 8.46. The van der Waals surface area contributed by atoms with Gasteiger partial charge in [0.05, 0.1) is 20.6 Å². The number of methoxy groups -OCH3 is 2. The second-order valence-corrected chi connectivity index (χ2v) is 5.74. The van der Waals surface area contributed by atoms with Crippen molar-refractivity contribution in [3.05, 3.63) is 59.7 Å². The van der Waals surface area contributed by atoms with Crippen molar-refractivity contribution in [2.75, 3.05) is 20.8 Å². The number of nitrogens with two attached hydrogens (primary N) is 2. The van der Waals surface area contributed by atoms with E-state index in [9.17, 15) is 9.59 Å². The Morgan fingerprint density at radius 3 is 2.14 bits per heavy atom. The van der Waals surface area contributed by atoms with Crippen LogP contribution in [0.15, 0.2) is 53.5 Å². The molecule has 0 radical (unpaired) electrons. The zero-order chi connectivity index (χ0) is 20.9. The molecule has 8 heteroatoms. The number of aryl methyl sites for hydroxylation is 1. The first-order valence-electron chi connectivity index (χ1n) is 8.46. The average molecular weight is 386 g/mol. The molecule has 0 fully saturated rings. The zero-order valence-electron chi connectivity index (χ0n) is 16.3. The zero-order valence-corrected chi connectivity index (χ0v) is 16.3. The lowest BCUT2D eigenvalue weighted by molar-refractivity contribution is -0.119. The van der Waals surface area contributed by atoms with Gasteiger partial charge >= 0.3 is 0 Å². The molecule has 28 heavy (non-hydrogen) atoms. The fourth-order valence-corrected chi connectivity index (χ4v) is 2.10. The molecule has 0 aliphatic heterocycles. The number of benzene rings is 2. The van der Waals surface area contributed by atoms with Gasteiger partial charge in [-0.2, -0.15) is 0 Å². The van der Waals surface area contributed by atoms with Crippen molar-refractivity contribution in [3.8, 4) is 11.5 Å². The summed E-state index contributed by atoms with van der Waals surface area (Å²) in [6.07, 6.45) is 0.0765. The van der Waals surface area contributed by atoms with E-state index in [0.29, 0.717) is 17.1 Å². The van der Waals surface area contributed by atoms with Crippen LogP contribution in [0.2, 0.25) is 0 Å². The molecule has 0 unspecified atom stereocenters. The van der Waals surface area contributed by atoms with Gasteiger partial charge in [0.25, 0.3) is 0 Å². The van der Waals surface area contributed by atoms with E-state index in [1.807, 2.05) is 18.2 Å². The molecule has 5 N–H and O–H groups in total. The number of guanidine groups is 1. The number of hydrogen-bond acceptors (Lipinski definition) is 5. The summed E-state index contributed by atoms with van der Waals surface area (Å²) < 4.78 is 10.3. The maximum atomic E-state index is 11.8. The highest BCUT2D eigenvalue weighted by Gasteiger charge is 2.09. The number of aliphatic imine (C=N–C) groups is 1. The van der Waals surface area contributed by atoms with Crippen LogP contribution in [0.25, 0.3) is 0 Å². The van der Waals surface area contributed by atoms with Crippen molar-refractivity contribution in [2.24, 2.45) is 16.5 Å². The van der Waals surface area contributed by atoms with Crippen LogP contribution >= 0.6 is 0 Å². The molecule has 0 aliphatic carbocycles. The van der Waals surface area contributed by atoms with Gasteiger partial charge in [-0.05, 0) is 24.6 Å². The summed E-state index contributed by atoms with van der Waals surface area (Å²) >= 11 is 0. The Hall–Kier alpha value is -3.55. The molecule has 2 rings (SSSR count). The largest absolute Gasteiger partial charge is 0.493 e. The maximum Gasteiger partial charge on any atom is 0.239 e. The van der Waals surface area contributed by atoms with Crippen molar-refractivity contribution < 1.29 is 19.1 Å². The minimum Gasteiger partial charge on any atom is -0.493 e. The lowest BCUT2D eigenvalue weighted by atomic mass is 10.1. The topological polar surface area (TPSA) is 129 Å². The minimum absolute atomic E-state index is 0.0765. The number of carbonyl (C=O) groups excluding carboxylic acids is 2. The highest BCUT2D eigenvalue weighted by molar-refractivity contribution is 5.97. The Morgan fingerprint density at radius 2 is 1.64 bits per heavy atom. The van der Waals surface area contributed by atoms with E-state index in [4.69, 9.17) is 20.9 Å². The number of primary amides is 1. The molecule has 0 aromatic heterocycles. The quantitative estimate of drug-likeness (QED) is 0.507. The summed E-state index contributed by atoms with van der Waals surface area (Å²) in [5.74, 6) is -0.0540. The number of rotatable bonds is 6. The fourth-order valence-electron chi connectivity index (χ4n) is 2.10. The van der Waals surface area contributed by atoms with Gasteiger partial charge in [-0.1, -0.05) is 42.0 Å². The Labute approximate surface area is 164 Å². The predicted molar refractivity (Wildman–Crippen MR) is 108 cm³/mol. The van der Waals surface area contributed by atoms with Crippen molar-refractivity contribution in [2.45, 2.75) is 13.3 Å². The second-order valence-electron chi connectivity index (χ2n) is 5.74. The standard InChI is InChI=1S/C13H18N4O4.C7H8/c1-20-9-4-3-8(5-10(9)21-2)6-12(19)17-13(15)16-7-11(14)18;1-7-5-3-2-4-6-7/h3-5H,6-7H2,1-2H3,(H2,14,18)(H3,15,16,17,19);2-6H,1H3. The van der Waals surface area contributed by atoms with Crippen LogP contribution in [0.4, 0.5) is 0 Å². The molecule has 2 amide bonds. The molecule has 0 bridgehead atoms. The monoisotopic (exact) mass is 386 g/mol. The summed E-state index contributed by atoms with van der Waals surface area (Å²) in [6, 6.07) is 15.4. The van der Waals surface area contributed by atoms with E-state index < -0.39 is 5.91 Å². The SMILES string of the molecule is COc1ccc(CC(=O)NC(N)=NCC(N)=O)cc1OC.Cc1ccccc1. The molecule has 0 heterocycles. The third kappa shape index (κ3) is 8.70. The summed E-state index contributed by atoms with van der Waals surface area (Å²) in [5, 5.41) is 2.36. The van der Waals surface area contributed by atoms with E-state index >= 15 is 0 Å². The first kappa shape index (κ1) is 22.5. The molecular formula is C20H26N4O4. The summed E-state index contributed by atoms with van der Waals surface area (Å²) in [7, 11) is 3.04. The number of nitrogens with zero attached hydrogens (tertiary/aromatic N) is 1. The van der Waals surface area contributed by atoms with Crippen LogP contribution in [0.1, 0.15) is 11.1 Å². The molecular weight excluding hydrogens is 360 g/mol. The molecule has 0 spiro atoms. The van der Waals surface area contributed by atoms with Gasteiger partial charge in [0.1, 0.15) is 6.54 Å². The third-order valence-electron chi connectivity index (χ3n) is 3.43. The molecule has 2 aromatic carbocycles. The normalized spacial score (nSPS) is 10.3. The number of hydrogen-bond donors (Lipinski definition) is 3.